The van der Waals surface area contributed by atoms with Crippen LogP contribution in [0.2, 0.25) is 0 Å². The average Bonchev–Trinajstić information content (AvgIpc) is 3.01. The SMILES string of the molecule is O=C1c2ccccc2C(=O)c2cc(COC(=O)c3ccccc3-c3c4ccc(=O)cc-4oc4cc(O)ccc34)ccc21. The molecule has 7 rings (SSSR count). The van der Waals surface area contributed by atoms with Crippen molar-refractivity contribution in [3.05, 3.63) is 147 Å². The molecule has 0 aromatic heterocycles. The molecule has 0 spiro atoms. The first-order valence-electron chi connectivity index (χ1n) is 13.2. The van der Waals surface area contributed by atoms with Crippen molar-refractivity contribution in [2.45, 2.75) is 6.61 Å². The van der Waals surface area contributed by atoms with Gasteiger partial charge in [0, 0.05) is 50.9 Å². The lowest BCUT2D eigenvalue weighted by molar-refractivity contribution is 0.0473. The summed E-state index contributed by atoms with van der Waals surface area (Å²) < 4.78 is 11.6. The number of phenolic OH excluding ortho intramolecular Hbond substituents is 1. The maximum atomic E-state index is 13.5. The highest BCUT2D eigenvalue weighted by atomic mass is 16.5. The number of hydrogen-bond donors (Lipinski definition) is 1. The molecule has 1 N–H and O–H groups in total. The van der Waals surface area contributed by atoms with Gasteiger partial charge in [0.1, 0.15) is 23.7 Å². The van der Waals surface area contributed by atoms with Crippen LogP contribution in [0.4, 0.5) is 0 Å². The summed E-state index contributed by atoms with van der Waals surface area (Å²) in [6, 6.07) is 27.6. The van der Waals surface area contributed by atoms with Gasteiger partial charge in [0.15, 0.2) is 17.0 Å². The molecule has 0 atom stereocenters. The molecule has 202 valence electrons. The highest BCUT2D eigenvalue weighted by Crippen LogP contribution is 2.42. The van der Waals surface area contributed by atoms with Crippen molar-refractivity contribution in [2.24, 2.45) is 0 Å². The Bertz CT molecular complexity index is 2140. The molecule has 0 bridgehead atoms. The molecule has 4 aromatic carbocycles. The van der Waals surface area contributed by atoms with E-state index in [1.165, 1.54) is 24.3 Å². The largest absolute Gasteiger partial charge is 0.508 e. The van der Waals surface area contributed by atoms with E-state index in [9.17, 15) is 24.3 Å². The van der Waals surface area contributed by atoms with Gasteiger partial charge in [-0.1, -0.05) is 48.5 Å². The molecule has 0 saturated carbocycles. The third-order valence-corrected chi connectivity index (χ3v) is 7.45. The van der Waals surface area contributed by atoms with E-state index in [4.69, 9.17) is 9.15 Å². The van der Waals surface area contributed by atoms with Crippen molar-refractivity contribution in [1.29, 1.82) is 0 Å². The average molecular weight is 553 g/mol. The van der Waals surface area contributed by atoms with E-state index in [2.05, 4.69) is 0 Å². The fraction of sp³-hybridized carbons (Fsp3) is 0.0286. The third-order valence-electron chi connectivity index (χ3n) is 7.45. The third kappa shape index (κ3) is 4.07. The van der Waals surface area contributed by atoms with Crippen LogP contribution in [0.5, 0.6) is 5.75 Å². The number of aromatic hydroxyl groups is 1. The van der Waals surface area contributed by atoms with E-state index in [0.29, 0.717) is 55.7 Å². The van der Waals surface area contributed by atoms with Crippen molar-refractivity contribution in [3.63, 3.8) is 0 Å². The molecule has 0 unspecified atom stereocenters. The van der Waals surface area contributed by atoms with Gasteiger partial charge in [0.2, 0.25) is 0 Å². The Hall–Kier alpha value is -5.82. The molecule has 42 heavy (non-hydrogen) atoms. The van der Waals surface area contributed by atoms with Crippen molar-refractivity contribution in [3.8, 4) is 28.2 Å². The fourth-order valence-corrected chi connectivity index (χ4v) is 5.49. The Kier molecular flexibility index (Phi) is 5.80. The lowest BCUT2D eigenvalue weighted by atomic mass is 9.83. The van der Waals surface area contributed by atoms with Gasteiger partial charge >= 0.3 is 5.97 Å². The zero-order chi connectivity index (χ0) is 29.0. The standard InChI is InChI=1S/C35H20O7/c36-20-10-13-27-30(16-20)42-31-17-21(37)11-14-28(31)32(27)22-5-1-4-8-26(22)35(40)41-18-19-9-12-25-29(15-19)34(39)24-7-3-2-6-23(24)33(25)38/h1-17,36H,18H2. The number of hydrogen-bond acceptors (Lipinski definition) is 7. The van der Waals surface area contributed by atoms with Crippen molar-refractivity contribution < 1.29 is 28.6 Å². The molecule has 0 saturated heterocycles. The Balaban J connectivity index is 1.25. The van der Waals surface area contributed by atoms with Crippen LogP contribution in [0.25, 0.3) is 33.4 Å². The number of ether oxygens (including phenoxy) is 1. The van der Waals surface area contributed by atoms with Gasteiger partial charge in [-0.25, -0.2) is 4.79 Å². The minimum atomic E-state index is -0.600. The van der Waals surface area contributed by atoms with E-state index in [1.807, 2.05) is 0 Å². The number of fused-ring (bicyclic) bond motifs is 4. The lowest BCUT2D eigenvalue weighted by Crippen LogP contribution is -2.21. The second kappa shape index (κ2) is 9.67. The Morgan fingerprint density at radius 3 is 2.12 bits per heavy atom. The Labute approximate surface area is 238 Å². The maximum absolute atomic E-state index is 13.5. The minimum absolute atomic E-state index is 0.00348. The Morgan fingerprint density at radius 2 is 1.33 bits per heavy atom. The summed E-state index contributed by atoms with van der Waals surface area (Å²) in [6.07, 6.45) is 0. The lowest BCUT2D eigenvalue weighted by Gasteiger charge is -2.18. The van der Waals surface area contributed by atoms with E-state index in [0.717, 1.165) is 0 Å². The number of benzene rings is 5. The molecular formula is C35H20O7. The summed E-state index contributed by atoms with van der Waals surface area (Å²) >= 11 is 0. The van der Waals surface area contributed by atoms with Gasteiger partial charge in [0.05, 0.1) is 5.56 Å². The first kappa shape index (κ1) is 25.2. The molecule has 0 amide bonds. The first-order chi connectivity index (χ1) is 20.4. The summed E-state index contributed by atoms with van der Waals surface area (Å²) in [6.45, 7) is -0.122. The van der Waals surface area contributed by atoms with E-state index in [1.54, 1.807) is 78.9 Å². The molecule has 1 aliphatic heterocycles. The monoisotopic (exact) mass is 552 g/mol. The van der Waals surface area contributed by atoms with Crippen LogP contribution < -0.4 is 5.43 Å². The van der Waals surface area contributed by atoms with Gasteiger partial charge < -0.3 is 14.3 Å². The number of phenols is 1. The van der Waals surface area contributed by atoms with Crippen LogP contribution in [-0.2, 0) is 11.3 Å². The minimum Gasteiger partial charge on any atom is -0.508 e. The van der Waals surface area contributed by atoms with Gasteiger partial charge in [-0.05, 0) is 53.6 Å². The molecule has 7 nitrogen and oxygen atoms in total. The number of carbonyl (C=O) groups excluding carboxylic acids is 3. The zero-order valence-corrected chi connectivity index (χ0v) is 21.9. The summed E-state index contributed by atoms with van der Waals surface area (Å²) in [7, 11) is 0. The van der Waals surface area contributed by atoms with Gasteiger partial charge in [-0.15, -0.1) is 0 Å². The van der Waals surface area contributed by atoms with E-state index < -0.39 is 5.97 Å². The van der Waals surface area contributed by atoms with Crippen molar-refractivity contribution in [1.82, 2.24) is 0 Å². The zero-order valence-electron chi connectivity index (χ0n) is 21.9. The number of rotatable bonds is 4. The summed E-state index contributed by atoms with van der Waals surface area (Å²) in [5.74, 6) is -0.759. The highest BCUT2D eigenvalue weighted by Gasteiger charge is 2.29. The van der Waals surface area contributed by atoms with Crippen LogP contribution in [0.1, 0.15) is 47.8 Å². The smallest absolute Gasteiger partial charge is 0.339 e. The van der Waals surface area contributed by atoms with Gasteiger partial charge in [-0.3, -0.25) is 14.4 Å². The fourth-order valence-electron chi connectivity index (χ4n) is 5.49. The summed E-state index contributed by atoms with van der Waals surface area (Å²) in [4.78, 5) is 51.7. The maximum Gasteiger partial charge on any atom is 0.339 e. The molecule has 4 aromatic rings. The van der Waals surface area contributed by atoms with Crippen LogP contribution >= 0.6 is 0 Å². The van der Waals surface area contributed by atoms with Crippen LogP contribution in [-0.4, -0.2) is 22.6 Å². The van der Waals surface area contributed by atoms with Gasteiger partial charge in [-0.2, -0.15) is 0 Å². The molecule has 0 radical (unpaired) electrons. The Morgan fingerprint density at radius 1 is 0.667 bits per heavy atom. The second-order valence-electron chi connectivity index (χ2n) is 10.0. The molecule has 3 aliphatic rings. The number of carbonyl (C=O) groups is 3. The van der Waals surface area contributed by atoms with Gasteiger partial charge in [0.25, 0.3) is 0 Å². The van der Waals surface area contributed by atoms with Crippen molar-refractivity contribution >= 4 is 28.5 Å². The predicted octanol–water partition coefficient (Wildman–Crippen LogP) is 6.40. The predicted molar refractivity (Wildman–Crippen MR) is 155 cm³/mol. The molecule has 2 aliphatic carbocycles. The summed E-state index contributed by atoms with van der Waals surface area (Å²) in [5, 5.41) is 10.7. The number of ketones is 2. The quantitative estimate of drug-likeness (QED) is 0.199. The van der Waals surface area contributed by atoms with Crippen LogP contribution in [0.3, 0.4) is 0 Å². The van der Waals surface area contributed by atoms with Crippen molar-refractivity contribution in [2.75, 3.05) is 0 Å². The molecular weight excluding hydrogens is 532 g/mol. The number of esters is 1. The highest BCUT2D eigenvalue weighted by molar-refractivity contribution is 6.28. The first-order valence-corrected chi connectivity index (χ1v) is 13.2. The summed E-state index contributed by atoms with van der Waals surface area (Å²) in [5.41, 5.74) is 4.10. The second-order valence-corrected chi connectivity index (χ2v) is 10.0. The van der Waals surface area contributed by atoms with Crippen LogP contribution in [0, 0.1) is 0 Å². The normalized spacial score (nSPS) is 12.3. The van der Waals surface area contributed by atoms with Crippen LogP contribution in [0.15, 0.2) is 112 Å². The molecule has 7 heteroatoms. The van der Waals surface area contributed by atoms with E-state index in [-0.39, 0.29) is 40.5 Å². The topological polar surface area (TPSA) is 111 Å². The molecule has 0 fully saturated rings. The van der Waals surface area contributed by atoms with E-state index >= 15 is 0 Å². The molecule has 1 heterocycles.